The third kappa shape index (κ3) is 5.12. The summed E-state index contributed by atoms with van der Waals surface area (Å²) in [6.45, 7) is 2.92. The van der Waals surface area contributed by atoms with Crippen molar-refractivity contribution in [2.75, 3.05) is 18.5 Å². The number of allylic oxidation sites excluding steroid dienone is 2. The van der Waals surface area contributed by atoms with Crippen molar-refractivity contribution in [3.8, 4) is 0 Å². The van der Waals surface area contributed by atoms with Gasteiger partial charge in [0.15, 0.2) is 5.78 Å². The Morgan fingerprint density at radius 2 is 1.78 bits per heavy atom. The number of hydrogen-bond acceptors (Lipinski definition) is 7. The number of carboxylic acid groups (broad SMARTS) is 1. The molecule has 0 bridgehead atoms. The number of benzene rings is 1. The van der Waals surface area contributed by atoms with Gasteiger partial charge in [-0.15, -0.1) is 0 Å². The predicted molar refractivity (Wildman–Crippen MR) is 134 cm³/mol. The lowest BCUT2D eigenvalue weighted by Crippen LogP contribution is -2.57. The zero-order valence-electron chi connectivity index (χ0n) is 19.7. The van der Waals surface area contributed by atoms with Gasteiger partial charge in [-0.1, -0.05) is 48.7 Å². The standard InChI is InChI=1S/C26H27Cl2N3O5/c1-2-3-17-22(26(23(17)32)8-10-36-11-9-26)31-20(25(34)35)12-15-4-6-16(7-5-15)30-24(33)21-18(27)13-29-14-19(21)28/h4-7,13-14,20,31H,2-3,8-12H2,1H3,(H,30,33)(H,34,35)/p-1. The number of carbonyl (C=O) groups excluding carboxylic acids is 3. The highest BCUT2D eigenvalue weighted by molar-refractivity contribution is 6.40. The predicted octanol–water partition coefficient (Wildman–Crippen LogP) is 3.33. The first kappa shape index (κ1) is 26.1. The molecule has 190 valence electrons. The second-order valence-corrected chi connectivity index (χ2v) is 9.79. The van der Waals surface area contributed by atoms with Crippen molar-refractivity contribution < 1.29 is 24.2 Å². The summed E-state index contributed by atoms with van der Waals surface area (Å²) in [5, 5.41) is 18.2. The summed E-state index contributed by atoms with van der Waals surface area (Å²) >= 11 is 12.1. The van der Waals surface area contributed by atoms with Crippen molar-refractivity contribution >= 4 is 46.5 Å². The molecular formula is C26H26Cl2N3O5-. The third-order valence-electron chi connectivity index (χ3n) is 6.67. The minimum atomic E-state index is -1.25. The summed E-state index contributed by atoms with van der Waals surface area (Å²) < 4.78 is 5.44. The molecule has 2 N–H and O–H groups in total. The smallest absolute Gasteiger partial charge is 0.258 e. The SMILES string of the molecule is CCCC1=C(NC(Cc2ccc(NC(=O)c3c(Cl)cncc3Cl)cc2)C(=O)[O-])C2(CCOCC2)C1=O. The van der Waals surface area contributed by atoms with E-state index in [-0.39, 0.29) is 27.8 Å². The summed E-state index contributed by atoms with van der Waals surface area (Å²) in [5.74, 6) is -1.64. The van der Waals surface area contributed by atoms with Gasteiger partial charge in [-0.25, -0.2) is 0 Å². The number of aromatic nitrogens is 1. The zero-order valence-corrected chi connectivity index (χ0v) is 21.2. The number of Topliss-reactive ketones (excluding diaryl/α,β-unsaturated/α-hetero) is 1. The monoisotopic (exact) mass is 530 g/mol. The second-order valence-electron chi connectivity index (χ2n) is 8.98. The van der Waals surface area contributed by atoms with E-state index < -0.39 is 23.3 Å². The number of amides is 1. The summed E-state index contributed by atoms with van der Waals surface area (Å²) in [5.41, 5.74) is 2.05. The molecule has 1 unspecified atom stereocenters. The summed E-state index contributed by atoms with van der Waals surface area (Å²) in [7, 11) is 0. The average molecular weight is 531 g/mol. The fraction of sp³-hybridized carbons (Fsp3) is 0.385. The maximum atomic E-state index is 12.9. The molecular weight excluding hydrogens is 505 g/mol. The van der Waals surface area contributed by atoms with Gasteiger partial charge in [-0.3, -0.25) is 14.6 Å². The van der Waals surface area contributed by atoms with Crippen molar-refractivity contribution in [1.82, 2.24) is 10.3 Å². The van der Waals surface area contributed by atoms with E-state index in [2.05, 4.69) is 15.6 Å². The van der Waals surface area contributed by atoms with Gasteiger partial charge in [-0.2, -0.15) is 0 Å². The van der Waals surface area contributed by atoms with Gasteiger partial charge in [0.05, 0.1) is 33.0 Å². The molecule has 1 aromatic heterocycles. The van der Waals surface area contributed by atoms with Crippen LogP contribution in [0, 0.1) is 5.41 Å². The molecule has 1 fully saturated rings. The van der Waals surface area contributed by atoms with Gasteiger partial charge in [0, 0.05) is 42.6 Å². The Morgan fingerprint density at radius 3 is 2.36 bits per heavy atom. The van der Waals surface area contributed by atoms with Crippen LogP contribution in [0.15, 0.2) is 47.9 Å². The van der Waals surface area contributed by atoms with Gasteiger partial charge < -0.3 is 25.3 Å². The number of nitrogens with one attached hydrogen (secondary N) is 2. The fourth-order valence-corrected chi connectivity index (χ4v) is 5.34. The van der Waals surface area contributed by atoms with E-state index in [1.807, 2.05) is 6.92 Å². The number of nitrogens with zero attached hydrogens (tertiary/aromatic N) is 1. The first-order valence-electron chi connectivity index (χ1n) is 11.8. The minimum Gasteiger partial charge on any atom is -0.548 e. The van der Waals surface area contributed by atoms with E-state index in [0.717, 1.165) is 17.7 Å². The van der Waals surface area contributed by atoms with E-state index in [9.17, 15) is 19.5 Å². The number of hydrogen-bond donors (Lipinski definition) is 2. The van der Waals surface area contributed by atoms with Crippen LogP contribution in [0.1, 0.15) is 48.5 Å². The van der Waals surface area contributed by atoms with E-state index in [1.54, 1.807) is 24.3 Å². The molecule has 1 amide bonds. The first-order valence-corrected chi connectivity index (χ1v) is 12.5. The highest BCUT2D eigenvalue weighted by Crippen LogP contribution is 2.50. The molecule has 1 aromatic carbocycles. The Bertz CT molecular complexity index is 1190. The number of ketones is 1. The molecule has 1 aliphatic heterocycles. The molecule has 2 heterocycles. The molecule has 1 saturated heterocycles. The highest BCUT2D eigenvalue weighted by Gasteiger charge is 2.54. The number of rotatable bonds is 9. The molecule has 4 rings (SSSR count). The maximum absolute atomic E-state index is 12.9. The quantitative estimate of drug-likeness (QED) is 0.509. The third-order valence-corrected chi connectivity index (χ3v) is 7.24. The topological polar surface area (TPSA) is 120 Å². The molecule has 8 nitrogen and oxygen atoms in total. The van der Waals surface area contributed by atoms with Crippen molar-refractivity contribution in [2.24, 2.45) is 5.41 Å². The van der Waals surface area contributed by atoms with Crippen LogP contribution in [0.4, 0.5) is 5.69 Å². The number of anilines is 1. The van der Waals surface area contributed by atoms with Gasteiger partial charge in [0.1, 0.15) is 0 Å². The normalized spacial score (nSPS) is 17.5. The molecule has 1 atom stereocenters. The molecule has 2 aliphatic rings. The maximum Gasteiger partial charge on any atom is 0.258 e. The Balaban J connectivity index is 1.47. The van der Waals surface area contributed by atoms with E-state index in [0.29, 0.717) is 43.7 Å². The minimum absolute atomic E-state index is 0.0988. The number of pyridine rings is 1. The van der Waals surface area contributed by atoms with Crippen molar-refractivity contribution in [2.45, 2.75) is 45.1 Å². The molecule has 0 saturated carbocycles. The number of carboxylic acids is 1. The van der Waals surface area contributed by atoms with Crippen LogP contribution in [0.5, 0.6) is 0 Å². The van der Waals surface area contributed by atoms with Crippen LogP contribution in [-0.4, -0.2) is 41.9 Å². The molecule has 36 heavy (non-hydrogen) atoms. The number of carbonyl (C=O) groups is 3. The second kappa shape index (κ2) is 11.0. The Morgan fingerprint density at radius 1 is 1.14 bits per heavy atom. The van der Waals surface area contributed by atoms with Crippen LogP contribution < -0.4 is 15.7 Å². The van der Waals surface area contributed by atoms with Gasteiger partial charge >= 0.3 is 0 Å². The highest BCUT2D eigenvalue weighted by atomic mass is 35.5. The number of halogens is 2. The first-order chi connectivity index (χ1) is 17.3. The zero-order chi connectivity index (χ0) is 25.9. The van der Waals surface area contributed by atoms with Crippen LogP contribution >= 0.6 is 23.2 Å². The molecule has 0 radical (unpaired) electrons. The Kier molecular flexibility index (Phi) is 7.97. The molecule has 2 aromatic rings. The summed E-state index contributed by atoms with van der Waals surface area (Å²) in [6.07, 6.45) is 5.28. The van der Waals surface area contributed by atoms with Crippen LogP contribution in [-0.2, 0) is 20.7 Å². The van der Waals surface area contributed by atoms with Gasteiger partial charge in [0.2, 0.25) is 0 Å². The van der Waals surface area contributed by atoms with Gasteiger partial charge in [0.25, 0.3) is 5.91 Å². The molecule has 1 aliphatic carbocycles. The largest absolute Gasteiger partial charge is 0.548 e. The van der Waals surface area contributed by atoms with Crippen LogP contribution in [0.2, 0.25) is 10.0 Å². The van der Waals surface area contributed by atoms with Crippen LogP contribution in [0.3, 0.4) is 0 Å². The Labute approximate surface area is 219 Å². The van der Waals surface area contributed by atoms with E-state index in [1.165, 1.54) is 12.4 Å². The lowest BCUT2D eigenvalue weighted by Gasteiger charge is -2.48. The van der Waals surface area contributed by atoms with Gasteiger partial charge in [-0.05, 0) is 43.4 Å². The number of ether oxygens (including phenoxy) is 1. The summed E-state index contributed by atoms with van der Waals surface area (Å²) in [6, 6.07) is 5.75. The van der Waals surface area contributed by atoms with E-state index >= 15 is 0 Å². The summed E-state index contributed by atoms with van der Waals surface area (Å²) in [4.78, 5) is 41.4. The van der Waals surface area contributed by atoms with Crippen molar-refractivity contribution in [3.63, 3.8) is 0 Å². The fourth-order valence-electron chi connectivity index (χ4n) is 4.80. The van der Waals surface area contributed by atoms with E-state index in [4.69, 9.17) is 27.9 Å². The van der Waals surface area contributed by atoms with Crippen molar-refractivity contribution in [3.05, 3.63) is 69.1 Å². The number of aliphatic carboxylic acids is 1. The lowest BCUT2D eigenvalue weighted by molar-refractivity contribution is -0.308. The molecule has 1 spiro atoms. The average Bonchev–Trinajstić information content (AvgIpc) is 2.86. The van der Waals surface area contributed by atoms with Crippen molar-refractivity contribution in [1.29, 1.82) is 0 Å². The lowest BCUT2D eigenvalue weighted by atomic mass is 9.61. The molecule has 10 heteroatoms. The van der Waals surface area contributed by atoms with Crippen LogP contribution in [0.25, 0.3) is 0 Å². The Hall–Kier alpha value is -2.94.